The number of aliphatic hydroxyl groups is 1. The molecule has 0 unspecified atom stereocenters. The molecule has 3 saturated heterocycles. The number of Topliss-reactive ketones (excluding diaryl/α,β-unsaturated/α-hetero) is 2. The van der Waals surface area contributed by atoms with Crippen LogP contribution in [-0.4, -0.2) is 115 Å². The van der Waals surface area contributed by atoms with Crippen LogP contribution in [0.2, 0.25) is 0 Å². The van der Waals surface area contributed by atoms with Gasteiger partial charge in [-0.1, -0.05) is 149 Å². The lowest BCUT2D eigenvalue weighted by Crippen LogP contribution is -2.50. The Labute approximate surface area is 523 Å². The monoisotopic (exact) mass is 1220 g/mol. The number of carbonyl (C=O) groups is 7. The number of urea groups is 1. The van der Waals surface area contributed by atoms with Gasteiger partial charge in [-0.2, -0.15) is 0 Å². The highest BCUT2D eigenvalue weighted by Gasteiger charge is 2.58. The summed E-state index contributed by atoms with van der Waals surface area (Å²) >= 11 is 0. The molecule has 0 aromatic heterocycles. The molecular weight excluding hydrogens is 1130 g/mol. The van der Waals surface area contributed by atoms with Gasteiger partial charge in [-0.3, -0.25) is 29.3 Å². The van der Waals surface area contributed by atoms with Crippen molar-refractivity contribution in [2.45, 2.75) is 173 Å². The van der Waals surface area contributed by atoms with Crippen molar-refractivity contribution in [2.75, 3.05) is 25.1 Å². The molecule has 8 rings (SSSR count). The Morgan fingerprint density at radius 3 is 2.15 bits per heavy atom. The summed E-state index contributed by atoms with van der Waals surface area (Å²) < 4.78 is 29.8. The fourth-order valence-corrected chi connectivity index (χ4v) is 12.0. The number of ether oxygens (including phenoxy) is 5. The first-order valence-electron chi connectivity index (χ1n) is 31.4. The van der Waals surface area contributed by atoms with Crippen molar-refractivity contribution in [1.29, 1.82) is 0 Å². The molecule has 5 amide bonds. The molecule has 0 bridgehead atoms. The van der Waals surface area contributed by atoms with Crippen LogP contribution in [0.15, 0.2) is 133 Å². The fourth-order valence-electron chi connectivity index (χ4n) is 12.0. The van der Waals surface area contributed by atoms with Gasteiger partial charge in [-0.15, -0.1) is 0 Å². The number of aryl methyl sites for hydroxylation is 1. The van der Waals surface area contributed by atoms with E-state index in [-0.39, 0.29) is 105 Å². The van der Waals surface area contributed by atoms with E-state index in [9.17, 15) is 38.7 Å². The van der Waals surface area contributed by atoms with E-state index < -0.39 is 59.9 Å². The van der Waals surface area contributed by atoms with Gasteiger partial charge in [0.1, 0.15) is 36.8 Å². The Hall–Kier alpha value is -7.77. The number of allylic oxidation sites excluding steroid dienone is 3. The summed E-state index contributed by atoms with van der Waals surface area (Å²) in [6, 6.07) is 28.6. The molecule has 4 aromatic rings. The predicted molar refractivity (Wildman–Crippen MR) is 339 cm³/mol. The van der Waals surface area contributed by atoms with Crippen molar-refractivity contribution in [3.63, 3.8) is 0 Å². The summed E-state index contributed by atoms with van der Waals surface area (Å²) in [5.41, 5.74) is 12.7. The number of carbonyl (C=O) groups excluding carboxylic acids is 7. The van der Waals surface area contributed by atoms with Gasteiger partial charge in [0.15, 0.2) is 5.78 Å². The van der Waals surface area contributed by atoms with E-state index in [0.29, 0.717) is 55.0 Å². The lowest BCUT2D eigenvalue weighted by Gasteiger charge is -2.39. The molecule has 476 valence electrons. The lowest BCUT2D eigenvalue weighted by atomic mass is 9.86. The highest BCUT2D eigenvalue weighted by Crippen LogP contribution is 2.45. The summed E-state index contributed by atoms with van der Waals surface area (Å²) in [5.74, 6) is -1.94. The summed E-state index contributed by atoms with van der Waals surface area (Å²) in [5, 5.41) is 22.5. The molecule has 0 radical (unpaired) electrons. The Kier molecular flexibility index (Phi) is 23.9. The van der Waals surface area contributed by atoms with E-state index in [0.717, 1.165) is 39.8 Å². The van der Waals surface area contributed by atoms with Crippen LogP contribution in [0, 0.1) is 23.7 Å². The predicted octanol–water partition coefficient (Wildman–Crippen LogP) is 10.1. The standard InChI is InChI=1S/C71H89N5O13/c1-43(2)18-33-65(79)75-61-35-46(6)63(88-47(61)7)31-19-45(5)20-32-64-67(81)71(42-87-71)39-53(89-64)37-52(77)30-27-48-25-28-51(29-26-48)74-70(84)86-40-50-23-21-49(22-24-50)36-62(78)60(17-12-34-73-69(72)83)76-68(82)58(44(3)4)38-66(80)85-41-59-56-15-10-8-13-54(56)55-14-9-11-16-57(55)59/h8-11,13-16,18-26,28-29,32-33,43-44,46-47,53,58-61,63-64,67,81H,12,17,27,30-31,34-42H2,1-7H3,(H,74,84)(H,75,79)(H,76,82)(H3,72,73,83)/b32-20+,33-18-,45-19+/t46-,47+,53+,58+,60+,61+,63-,64+,67+,71+/m0/s1. The van der Waals surface area contributed by atoms with Gasteiger partial charge >= 0.3 is 18.1 Å². The second-order valence-corrected chi connectivity index (χ2v) is 25.1. The normalized spacial score (nSPS) is 22.9. The highest BCUT2D eigenvalue weighted by atomic mass is 16.6. The molecule has 3 fully saturated rings. The number of nitrogens with two attached hydrogens (primary N) is 1. The Morgan fingerprint density at radius 1 is 0.831 bits per heavy atom. The van der Waals surface area contributed by atoms with Gasteiger partial charge in [-0.05, 0) is 121 Å². The lowest BCUT2D eigenvalue weighted by molar-refractivity contribution is -0.148. The minimum absolute atomic E-state index is 0.00369. The SMILES string of the molecule is CC(/C=C/[C@H]1O[C@H](CC(=O)CCc2ccc(NC(=O)OCc3ccc(CC(=O)[C@@H](CCCNC(N)=O)NC(=O)[C@H](CC(=O)OCC4c5ccccc5-c5ccccc54)C(C)C)cc3)cc2)C[C@@]2(CO2)[C@@H]1O)=C\C[C@@H]1O[C@H](C)[C@H](NC(=O)/C=C\C(C)C)C[C@@H]1C. The van der Waals surface area contributed by atoms with Crippen molar-refractivity contribution >= 4 is 47.2 Å². The van der Waals surface area contributed by atoms with Crippen molar-refractivity contribution in [3.05, 3.63) is 161 Å². The van der Waals surface area contributed by atoms with Crippen molar-refractivity contribution in [3.8, 4) is 11.1 Å². The van der Waals surface area contributed by atoms with Gasteiger partial charge in [0.05, 0.1) is 49.3 Å². The topological polar surface area (TPSA) is 263 Å². The molecule has 10 atom stereocenters. The van der Waals surface area contributed by atoms with E-state index in [1.54, 1.807) is 42.5 Å². The van der Waals surface area contributed by atoms with Crippen LogP contribution in [0.25, 0.3) is 11.1 Å². The molecule has 4 aliphatic rings. The average molecular weight is 1220 g/mol. The zero-order valence-electron chi connectivity index (χ0n) is 52.4. The summed E-state index contributed by atoms with van der Waals surface area (Å²) in [7, 11) is 0. The molecule has 3 heterocycles. The number of primary amides is 1. The van der Waals surface area contributed by atoms with E-state index in [4.69, 9.17) is 29.4 Å². The molecule has 18 nitrogen and oxygen atoms in total. The number of epoxide rings is 1. The third kappa shape index (κ3) is 19.4. The maximum Gasteiger partial charge on any atom is 0.411 e. The van der Waals surface area contributed by atoms with E-state index in [1.807, 2.05) is 108 Å². The number of ketones is 2. The molecule has 3 aliphatic heterocycles. The van der Waals surface area contributed by atoms with Gasteiger partial charge in [-0.25, -0.2) is 9.59 Å². The Bertz CT molecular complexity index is 3160. The minimum atomic E-state index is -0.922. The minimum Gasteiger partial charge on any atom is -0.465 e. The maximum atomic E-state index is 13.9. The Balaban J connectivity index is 0.748. The third-order valence-electron chi connectivity index (χ3n) is 17.4. The molecule has 0 saturated carbocycles. The second kappa shape index (κ2) is 31.6. The number of nitrogens with one attached hydrogen (secondary N) is 4. The van der Waals surface area contributed by atoms with Crippen LogP contribution in [-0.2, 0) is 67.1 Å². The van der Waals surface area contributed by atoms with Gasteiger partial charge in [0.2, 0.25) is 11.8 Å². The largest absolute Gasteiger partial charge is 0.465 e. The van der Waals surface area contributed by atoms with E-state index in [1.165, 1.54) is 0 Å². The Morgan fingerprint density at radius 2 is 1.49 bits per heavy atom. The van der Waals surface area contributed by atoms with Gasteiger partial charge in [0, 0.05) is 43.8 Å². The molecule has 4 aromatic carbocycles. The van der Waals surface area contributed by atoms with Crippen molar-refractivity contribution < 1.29 is 62.4 Å². The molecule has 1 aliphatic carbocycles. The number of benzene rings is 4. The first-order chi connectivity index (χ1) is 42.6. The number of hydrogen-bond acceptors (Lipinski definition) is 13. The second-order valence-electron chi connectivity index (χ2n) is 25.1. The van der Waals surface area contributed by atoms with Crippen molar-refractivity contribution in [1.82, 2.24) is 16.0 Å². The average Bonchev–Trinajstić information content (AvgIpc) is 1.69. The van der Waals surface area contributed by atoms with Crippen molar-refractivity contribution in [2.24, 2.45) is 29.4 Å². The number of rotatable bonds is 29. The molecule has 1 spiro atoms. The zero-order chi connectivity index (χ0) is 63.8. The van der Waals surface area contributed by atoms with Gasteiger partial charge in [0.25, 0.3) is 0 Å². The first kappa shape index (κ1) is 67.2. The van der Waals surface area contributed by atoms with E-state index in [2.05, 4.69) is 46.4 Å². The number of amides is 5. The van der Waals surface area contributed by atoms with Crippen LogP contribution >= 0.6 is 0 Å². The quantitative estimate of drug-likeness (QED) is 0.00973. The van der Waals surface area contributed by atoms with Crippen LogP contribution in [0.5, 0.6) is 0 Å². The fraction of sp³-hybridized carbons (Fsp3) is 0.479. The van der Waals surface area contributed by atoms with Crippen LogP contribution in [0.4, 0.5) is 15.3 Å². The number of fused-ring (bicyclic) bond motifs is 3. The molecular formula is C71H89N5O13. The van der Waals surface area contributed by atoms with Gasteiger partial charge < -0.3 is 50.5 Å². The van der Waals surface area contributed by atoms with Crippen LogP contribution < -0.4 is 27.0 Å². The summed E-state index contributed by atoms with van der Waals surface area (Å²) in [6.07, 6.45) is 9.90. The highest BCUT2D eigenvalue weighted by molar-refractivity contribution is 5.92. The third-order valence-corrected chi connectivity index (χ3v) is 17.4. The first-order valence-corrected chi connectivity index (χ1v) is 31.4. The van der Waals surface area contributed by atoms with Crippen LogP contribution in [0.1, 0.15) is 134 Å². The number of esters is 1. The molecule has 18 heteroatoms. The zero-order valence-corrected chi connectivity index (χ0v) is 52.4. The summed E-state index contributed by atoms with van der Waals surface area (Å²) in [6.45, 7) is 14.6. The van der Waals surface area contributed by atoms with Crippen LogP contribution in [0.3, 0.4) is 0 Å². The van der Waals surface area contributed by atoms with E-state index >= 15 is 0 Å². The number of hydrogen-bond donors (Lipinski definition) is 6. The summed E-state index contributed by atoms with van der Waals surface area (Å²) in [4.78, 5) is 91.3. The number of anilines is 1. The smallest absolute Gasteiger partial charge is 0.411 e. The molecule has 89 heavy (non-hydrogen) atoms. The maximum absolute atomic E-state index is 13.9. The number of aliphatic hydroxyl groups excluding tert-OH is 1. The molecule has 7 N–H and O–H groups in total.